The quantitative estimate of drug-likeness (QED) is 0.331. The molecule has 1 aliphatic carbocycles. The average Bonchev–Trinajstić information content (AvgIpc) is 2.95. The Morgan fingerprint density at radius 1 is 0.892 bits per heavy atom. The summed E-state index contributed by atoms with van der Waals surface area (Å²) in [5.41, 5.74) is 4.07. The number of hydrogen-bond acceptors (Lipinski definition) is 3. The molecule has 3 aromatic rings. The molecular weight excluding hydrogens is 460 g/mol. The molecule has 0 aliphatic heterocycles. The Bertz CT molecular complexity index is 1170. The number of carbonyl (C=O) groups excluding carboxylic acids is 2. The van der Waals surface area contributed by atoms with E-state index in [0.29, 0.717) is 13.1 Å². The minimum atomic E-state index is -0.736. The average molecular weight is 497 g/mol. The van der Waals surface area contributed by atoms with Crippen LogP contribution in [0.15, 0.2) is 96.6 Å². The molecule has 37 heavy (non-hydrogen) atoms. The summed E-state index contributed by atoms with van der Waals surface area (Å²) in [6.45, 7) is 0.880. The van der Waals surface area contributed by atoms with Gasteiger partial charge < -0.3 is 15.0 Å². The largest absolute Gasteiger partial charge is 0.497 e. The standard InChI is InChI=1S/C32H36N2O3/c1-37-29-19-17-27(18-20-29)24-34(30(35)23-26-13-7-3-8-14-26)31(28-15-9-4-10-16-28)32(36)33-22-21-25-11-5-2-6-12-25/h3-4,7-11,13-20,31H,2,5-6,12,21-24H2,1H3,(H,33,36)/t31-/m0/s1. The van der Waals surface area contributed by atoms with Gasteiger partial charge in [0, 0.05) is 13.1 Å². The molecule has 0 aromatic heterocycles. The minimum Gasteiger partial charge on any atom is -0.497 e. The van der Waals surface area contributed by atoms with Gasteiger partial charge in [-0.15, -0.1) is 0 Å². The van der Waals surface area contributed by atoms with Crippen molar-refractivity contribution in [1.82, 2.24) is 10.2 Å². The van der Waals surface area contributed by atoms with Gasteiger partial charge in [-0.3, -0.25) is 9.59 Å². The normalized spacial score (nSPS) is 13.8. The fourth-order valence-corrected chi connectivity index (χ4v) is 4.81. The van der Waals surface area contributed by atoms with Gasteiger partial charge in [0.1, 0.15) is 11.8 Å². The summed E-state index contributed by atoms with van der Waals surface area (Å²) in [5.74, 6) is 0.499. The molecule has 0 unspecified atom stereocenters. The van der Waals surface area contributed by atoms with Crippen LogP contribution < -0.4 is 10.1 Å². The first kappa shape index (κ1) is 26.2. The second kappa shape index (κ2) is 13.4. The summed E-state index contributed by atoms with van der Waals surface area (Å²) in [6, 6.07) is 26.2. The Labute approximate surface area is 220 Å². The van der Waals surface area contributed by atoms with Gasteiger partial charge in [0.05, 0.1) is 13.5 Å². The van der Waals surface area contributed by atoms with Crippen LogP contribution in [0.5, 0.6) is 5.75 Å². The van der Waals surface area contributed by atoms with Gasteiger partial charge in [-0.1, -0.05) is 84.4 Å². The molecule has 0 fully saturated rings. The SMILES string of the molecule is COc1ccc(CN(C(=O)Cc2ccccc2)[C@H](C(=O)NCCC2=CCCCC2)c2ccccc2)cc1. The maximum absolute atomic E-state index is 13.8. The third-order valence-electron chi connectivity index (χ3n) is 6.84. The molecule has 5 heteroatoms. The van der Waals surface area contributed by atoms with Crippen LogP contribution in [-0.2, 0) is 22.6 Å². The van der Waals surface area contributed by atoms with Crippen molar-refractivity contribution in [3.63, 3.8) is 0 Å². The lowest BCUT2D eigenvalue weighted by atomic mass is 9.97. The van der Waals surface area contributed by atoms with Gasteiger partial charge in [-0.2, -0.15) is 0 Å². The maximum Gasteiger partial charge on any atom is 0.247 e. The van der Waals surface area contributed by atoms with E-state index in [2.05, 4.69) is 11.4 Å². The Hall–Kier alpha value is -3.86. The van der Waals surface area contributed by atoms with E-state index in [-0.39, 0.29) is 18.2 Å². The Kier molecular flexibility index (Phi) is 9.53. The van der Waals surface area contributed by atoms with E-state index in [4.69, 9.17) is 4.74 Å². The minimum absolute atomic E-state index is 0.0963. The molecular formula is C32H36N2O3. The van der Waals surface area contributed by atoms with Crippen molar-refractivity contribution in [3.8, 4) is 5.75 Å². The van der Waals surface area contributed by atoms with E-state index >= 15 is 0 Å². The third kappa shape index (κ3) is 7.56. The van der Waals surface area contributed by atoms with Crippen LogP contribution in [0, 0.1) is 0 Å². The highest BCUT2D eigenvalue weighted by molar-refractivity contribution is 5.89. The first-order valence-electron chi connectivity index (χ1n) is 13.1. The van der Waals surface area contributed by atoms with E-state index < -0.39 is 6.04 Å². The molecule has 3 aromatic carbocycles. The predicted octanol–water partition coefficient (Wildman–Crippen LogP) is 6.01. The van der Waals surface area contributed by atoms with E-state index in [1.165, 1.54) is 18.4 Å². The molecule has 0 saturated heterocycles. The number of carbonyl (C=O) groups is 2. The lowest BCUT2D eigenvalue weighted by Gasteiger charge is -2.32. The molecule has 1 aliphatic rings. The number of nitrogens with zero attached hydrogens (tertiary/aromatic N) is 1. The molecule has 192 valence electrons. The third-order valence-corrected chi connectivity index (χ3v) is 6.84. The molecule has 0 bridgehead atoms. The maximum atomic E-state index is 13.8. The number of hydrogen-bond donors (Lipinski definition) is 1. The van der Waals surface area contributed by atoms with Gasteiger partial charge in [0.25, 0.3) is 0 Å². The summed E-state index contributed by atoms with van der Waals surface area (Å²) in [5, 5.41) is 3.14. The highest BCUT2D eigenvalue weighted by Crippen LogP contribution is 2.26. The van der Waals surface area contributed by atoms with Crippen LogP contribution in [0.1, 0.15) is 54.8 Å². The van der Waals surface area contributed by atoms with Crippen molar-refractivity contribution in [1.29, 1.82) is 0 Å². The number of amides is 2. The Morgan fingerprint density at radius 2 is 1.59 bits per heavy atom. The van der Waals surface area contributed by atoms with Crippen LogP contribution in [0.2, 0.25) is 0 Å². The van der Waals surface area contributed by atoms with Gasteiger partial charge >= 0.3 is 0 Å². The van der Waals surface area contributed by atoms with E-state index in [1.807, 2.05) is 84.9 Å². The number of rotatable bonds is 11. The first-order chi connectivity index (χ1) is 18.1. The zero-order valence-corrected chi connectivity index (χ0v) is 21.6. The predicted molar refractivity (Wildman–Crippen MR) is 147 cm³/mol. The van der Waals surface area contributed by atoms with E-state index in [0.717, 1.165) is 41.7 Å². The number of ether oxygens (including phenoxy) is 1. The summed E-state index contributed by atoms with van der Waals surface area (Å²) < 4.78 is 5.30. The van der Waals surface area contributed by atoms with E-state index in [1.54, 1.807) is 12.0 Å². The van der Waals surface area contributed by atoms with Gasteiger partial charge in [-0.25, -0.2) is 0 Å². The van der Waals surface area contributed by atoms with Crippen molar-refractivity contribution in [3.05, 3.63) is 113 Å². The zero-order chi connectivity index (χ0) is 25.9. The summed E-state index contributed by atoms with van der Waals surface area (Å²) in [7, 11) is 1.63. The van der Waals surface area contributed by atoms with Gasteiger partial charge in [0.2, 0.25) is 11.8 Å². The Balaban J connectivity index is 1.60. The van der Waals surface area contributed by atoms with Gasteiger partial charge in [0.15, 0.2) is 0 Å². The molecule has 0 spiro atoms. The molecule has 5 nitrogen and oxygen atoms in total. The van der Waals surface area contributed by atoms with Crippen LogP contribution in [0.4, 0.5) is 0 Å². The molecule has 1 N–H and O–H groups in total. The second-order valence-electron chi connectivity index (χ2n) is 9.49. The summed E-state index contributed by atoms with van der Waals surface area (Å²) >= 11 is 0. The van der Waals surface area contributed by atoms with Crippen molar-refractivity contribution >= 4 is 11.8 Å². The molecule has 0 heterocycles. The first-order valence-corrected chi connectivity index (χ1v) is 13.1. The topological polar surface area (TPSA) is 58.6 Å². The Morgan fingerprint density at radius 3 is 2.24 bits per heavy atom. The fraction of sp³-hybridized carbons (Fsp3) is 0.312. The molecule has 0 radical (unpaired) electrons. The lowest BCUT2D eigenvalue weighted by molar-refractivity contribution is -0.141. The highest BCUT2D eigenvalue weighted by atomic mass is 16.5. The van der Waals surface area contributed by atoms with Crippen LogP contribution in [0.25, 0.3) is 0 Å². The van der Waals surface area contributed by atoms with Crippen molar-refractivity contribution in [2.75, 3.05) is 13.7 Å². The molecule has 2 amide bonds. The van der Waals surface area contributed by atoms with Crippen molar-refractivity contribution in [2.45, 2.75) is 51.1 Å². The van der Waals surface area contributed by atoms with Crippen LogP contribution >= 0.6 is 0 Å². The second-order valence-corrected chi connectivity index (χ2v) is 9.49. The van der Waals surface area contributed by atoms with Crippen LogP contribution in [0.3, 0.4) is 0 Å². The number of nitrogens with one attached hydrogen (secondary N) is 1. The van der Waals surface area contributed by atoms with E-state index in [9.17, 15) is 9.59 Å². The fourth-order valence-electron chi connectivity index (χ4n) is 4.81. The molecule has 4 rings (SSSR count). The highest BCUT2D eigenvalue weighted by Gasteiger charge is 2.31. The van der Waals surface area contributed by atoms with Crippen molar-refractivity contribution < 1.29 is 14.3 Å². The van der Waals surface area contributed by atoms with Crippen LogP contribution in [-0.4, -0.2) is 30.4 Å². The summed E-state index contributed by atoms with van der Waals surface area (Å²) in [6.07, 6.45) is 8.08. The van der Waals surface area contributed by atoms with Gasteiger partial charge in [-0.05, 0) is 60.9 Å². The zero-order valence-electron chi connectivity index (χ0n) is 21.6. The monoisotopic (exact) mass is 496 g/mol. The molecule has 1 atom stereocenters. The smallest absolute Gasteiger partial charge is 0.247 e. The lowest BCUT2D eigenvalue weighted by Crippen LogP contribution is -2.44. The summed E-state index contributed by atoms with van der Waals surface area (Å²) in [4.78, 5) is 29.2. The number of benzene rings is 3. The number of allylic oxidation sites excluding steroid dienone is 1. The van der Waals surface area contributed by atoms with Crippen molar-refractivity contribution in [2.24, 2.45) is 0 Å². The number of methoxy groups -OCH3 is 1. The molecule has 0 saturated carbocycles.